The van der Waals surface area contributed by atoms with Gasteiger partial charge in [0.2, 0.25) is 0 Å². The van der Waals surface area contributed by atoms with Crippen LogP contribution in [0.3, 0.4) is 0 Å². The van der Waals surface area contributed by atoms with Gasteiger partial charge in [0, 0.05) is 37.7 Å². The normalized spacial score (nSPS) is 23.0. The molecule has 1 aromatic carbocycles. The highest BCUT2D eigenvalue weighted by molar-refractivity contribution is 5.84. The van der Waals surface area contributed by atoms with Crippen molar-refractivity contribution in [2.75, 3.05) is 50.8 Å². The van der Waals surface area contributed by atoms with Gasteiger partial charge in [0.05, 0.1) is 18.6 Å². The van der Waals surface area contributed by atoms with Crippen molar-refractivity contribution in [2.24, 2.45) is 0 Å². The minimum Gasteiger partial charge on any atom is -0.488 e. The van der Waals surface area contributed by atoms with E-state index in [-0.39, 0.29) is 11.5 Å². The van der Waals surface area contributed by atoms with Gasteiger partial charge in [0.15, 0.2) is 11.3 Å². The first-order chi connectivity index (χ1) is 13.7. The van der Waals surface area contributed by atoms with Gasteiger partial charge in [0.1, 0.15) is 17.4 Å². The first-order valence-corrected chi connectivity index (χ1v) is 10.5. The van der Waals surface area contributed by atoms with Gasteiger partial charge in [-0.25, -0.2) is 0 Å². The van der Waals surface area contributed by atoms with Crippen molar-refractivity contribution < 1.29 is 13.9 Å². The molecule has 6 heteroatoms. The van der Waals surface area contributed by atoms with E-state index in [1.165, 1.54) is 32.4 Å². The Morgan fingerprint density at radius 2 is 1.86 bits per heavy atom. The Bertz CT molecular complexity index is 926. The zero-order valence-electron chi connectivity index (χ0n) is 16.5. The molecular formula is C22H28N2O4. The molecule has 1 aromatic heterocycles. The van der Waals surface area contributed by atoms with E-state index in [1.807, 2.05) is 13.0 Å². The van der Waals surface area contributed by atoms with Crippen LogP contribution in [0, 0.1) is 6.92 Å². The van der Waals surface area contributed by atoms with Crippen LogP contribution in [0.5, 0.6) is 5.75 Å². The molecule has 0 bridgehead atoms. The standard InChI is InChI=1S/C22H28N2O4/c1-15-21-16(11-17(27-21)14-23-5-3-2-4-6-23)12-18-19(25)13-20(28-22(15)18)24-7-9-26-10-8-24/h12-13,17H,2-11,14H2,1H3. The summed E-state index contributed by atoms with van der Waals surface area (Å²) in [6.07, 6.45) is 4.94. The number of morpholine rings is 1. The van der Waals surface area contributed by atoms with Gasteiger partial charge in [-0.05, 0) is 44.5 Å². The Morgan fingerprint density at radius 3 is 2.64 bits per heavy atom. The van der Waals surface area contributed by atoms with Crippen molar-refractivity contribution in [3.63, 3.8) is 0 Å². The van der Waals surface area contributed by atoms with Crippen LogP contribution < -0.4 is 15.1 Å². The monoisotopic (exact) mass is 384 g/mol. The fourth-order valence-corrected chi connectivity index (χ4v) is 4.73. The molecule has 5 rings (SSSR count). The van der Waals surface area contributed by atoms with Crippen LogP contribution in [0.1, 0.15) is 30.4 Å². The summed E-state index contributed by atoms with van der Waals surface area (Å²) >= 11 is 0. The van der Waals surface area contributed by atoms with E-state index < -0.39 is 0 Å². The molecule has 0 N–H and O–H groups in total. The maximum absolute atomic E-state index is 12.8. The van der Waals surface area contributed by atoms with Crippen molar-refractivity contribution in [1.29, 1.82) is 0 Å². The predicted molar refractivity (Wildman–Crippen MR) is 109 cm³/mol. The molecular weight excluding hydrogens is 356 g/mol. The molecule has 0 radical (unpaired) electrons. The molecule has 0 saturated carbocycles. The van der Waals surface area contributed by atoms with Gasteiger partial charge < -0.3 is 18.8 Å². The molecule has 1 unspecified atom stereocenters. The topological polar surface area (TPSA) is 55.2 Å². The molecule has 3 aliphatic heterocycles. The number of anilines is 1. The van der Waals surface area contributed by atoms with E-state index >= 15 is 0 Å². The van der Waals surface area contributed by atoms with Crippen LogP contribution in [0.4, 0.5) is 5.88 Å². The number of aryl methyl sites for hydroxylation is 1. The zero-order valence-corrected chi connectivity index (χ0v) is 16.5. The third-order valence-corrected chi connectivity index (χ3v) is 6.23. The number of rotatable bonds is 3. The van der Waals surface area contributed by atoms with Crippen LogP contribution in [0.25, 0.3) is 11.0 Å². The second-order valence-corrected chi connectivity index (χ2v) is 8.22. The number of hydrogen-bond donors (Lipinski definition) is 0. The average molecular weight is 384 g/mol. The van der Waals surface area contributed by atoms with Gasteiger partial charge in [-0.2, -0.15) is 0 Å². The van der Waals surface area contributed by atoms with E-state index in [2.05, 4.69) is 9.80 Å². The van der Waals surface area contributed by atoms with Crippen LogP contribution in [-0.2, 0) is 11.2 Å². The third kappa shape index (κ3) is 3.29. The van der Waals surface area contributed by atoms with E-state index in [0.29, 0.717) is 30.1 Å². The summed E-state index contributed by atoms with van der Waals surface area (Å²) in [7, 11) is 0. The molecule has 2 aromatic rings. The number of nitrogens with zero attached hydrogens (tertiary/aromatic N) is 2. The highest BCUT2D eigenvalue weighted by Gasteiger charge is 2.29. The van der Waals surface area contributed by atoms with Gasteiger partial charge in [-0.15, -0.1) is 0 Å². The number of hydrogen-bond acceptors (Lipinski definition) is 6. The third-order valence-electron chi connectivity index (χ3n) is 6.23. The first-order valence-electron chi connectivity index (χ1n) is 10.5. The van der Waals surface area contributed by atoms with Crippen molar-refractivity contribution in [3.05, 3.63) is 33.5 Å². The summed E-state index contributed by atoms with van der Waals surface area (Å²) in [6, 6.07) is 3.61. The maximum atomic E-state index is 12.8. The smallest absolute Gasteiger partial charge is 0.200 e. The quantitative estimate of drug-likeness (QED) is 0.811. The average Bonchev–Trinajstić information content (AvgIpc) is 3.13. The fourth-order valence-electron chi connectivity index (χ4n) is 4.73. The zero-order chi connectivity index (χ0) is 19.1. The second kappa shape index (κ2) is 7.41. The van der Waals surface area contributed by atoms with Crippen LogP contribution in [-0.4, -0.2) is 56.9 Å². The van der Waals surface area contributed by atoms with Gasteiger partial charge in [-0.3, -0.25) is 9.69 Å². The Kier molecular flexibility index (Phi) is 4.77. The summed E-state index contributed by atoms with van der Waals surface area (Å²) in [5.74, 6) is 1.54. The Labute approximate surface area is 165 Å². The number of ether oxygens (including phenoxy) is 2. The maximum Gasteiger partial charge on any atom is 0.200 e. The lowest BCUT2D eigenvalue weighted by atomic mass is 10.0. The lowest BCUT2D eigenvalue weighted by Crippen LogP contribution is -2.38. The molecule has 2 fully saturated rings. The summed E-state index contributed by atoms with van der Waals surface area (Å²) in [4.78, 5) is 17.4. The van der Waals surface area contributed by atoms with Crippen molar-refractivity contribution in [3.8, 4) is 5.75 Å². The number of benzene rings is 1. The minimum atomic E-state index is 0.0214. The van der Waals surface area contributed by atoms with Crippen LogP contribution >= 0.6 is 0 Å². The molecule has 4 heterocycles. The summed E-state index contributed by atoms with van der Waals surface area (Å²) in [5.41, 5.74) is 2.76. The predicted octanol–water partition coefficient (Wildman–Crippen LogP) is 2.73. The molecule has 0 amide bonds. The van der Waals surface area contributed by atoms with Gasteiger partial charge in [0.25, 0.3) is 0 Å². The van der Waals surface area contributed by atoms with E-state index in [4.69, 9.17) is 13.9 Å². The lowest BCUT2D eigenvalue weighted by molar-refractivity contribution is 0.120. The Hall–Kier alpha value is -2.05. The first kappa shape index (κ1) is 18.0. The highest BCUT2D eigenvalue weighted by Crippen LogP contribution is 2.38. The molecule has 6 nitrogen and oxygen atoms in total. The molecule has 0 spiro atoms. The Balaban J connectivity index is 1.45. The van der Waals surface area contributed by atoms with Crippen molar-refractivity contribution >= 4 is 16.9 Å². The van der Waals surface area contributed by atoms with E-state index in [0.717, 1.165) is 42.9 Å². The molecule has 0 aliphatic carbocycles. The van der Waals surface area contributed by atoms with Gasteiger partial charge >= 0.3 is 0 Å². The number of piperidine rings is 1. The van der Waals surface area contributed by atoms with Crippen molar-refractivity contribution in [1.82, 2.24) is 4.90 Å². The van der Waals surface area contributed by atoms with E-state index in [9.17, 15) is 4.79 Å². The molecule has 1 atom stereocenters. The van der Waals surface area contributed by atoms with E-state index in [1.54, 1.807) is 6.07 Å². The second-order valence-electron chi connectivity index (χ2n) is 8.22. The lowest BCUT2D eigenvalue weighted by Gasteiger charge is -2.28. The molecule has 2 saturated heterocycles. The molecule has 3 aliphatic rings. The fraction of sp³-hybridized carbons (Fsp3) is 0.591. The largest absolute Gasteiger partial charge is 0.488 e. The summed E-state index contributed by atoms with van der Waals surface area (Å²) in [6.45, 7) is 8.11. The van der Waals surface area contributed by atoms with Crippen LogP contribution in [0.15, 0.2) is 21.3 Å². The van der Waals surface area contributed by atoms with Gasteiger partial charge in [-0.1, -0.05) is 6.42 Å². The minimum absolute atomic E-state index is 0.0214. The molecule has 28 heavy (non-hydrogen) atoms. The Morgan fingerprint density at radius 1 is 1.07 bits per heavy atom. The summed E-state index contributed by atoms with van der Waals surface area (Å²) in [5, 5.41) is 0.662. The SMILES string of the molecule is Cc1c2c(cc3c(=O)cc(N4CCOCC4)oc13)CC(CN1CCCCC1)O2. The molecule has 150 valence electrons. The van der Waals surface area contributed by atoms with Crippen molar-refractivity contribution in [2.45, 2.75) is 38.7 Å². The summed E-state index contributed by atoms with van der Waals surface area (Å²) < 4.78 is 18.0. The number of likely N-dealkylation sites (tertiary alicyclic amines) is 1. The number of fused-ring (bicyclic) bond motifs is 2. The van der Waals surface area contributed by atoms with Crippen LogP contribution in [0.2, 0.25) is 0 Å². The highest BCUT2D eigenvalue weighted by atomic mass is 16.5.